The number of rotatable bonds is 2. The van der Waals surface area contributed by atoms with Crippen LogP contribution in [-0.4, -0.2) is 10.8 Å². The summed E-state index contributed by atoms with van der Waals surface area (Å²) in [5.74, 6) is 0.0746. The molecule has 0 aliphatic heterocycles. The molecule has 0 fully saturated rings. The van der Waals surface area contributed by atoms with E-state index in [4.69, 9.17) is 11.6 Å². The summed E-state index contributed by atoms with van der Waals surface area (Å²) in [6.07, 6.45) is 1.95. The number of ketones is 1. The summed E-state index contributed by atoms with van der Waals surface area (Å²) in [6.45, 7) is 1.52. The molecular formula is C8H8ClNO. The average molecular weight is 170 g/mol. The van der Waals surface area contributed by atoms with E-state index in [0.717, 1.165) is 0 Å². The van der Waals surface area contributed by atoms with Crippen LogP contribution in [0.1, 0.15) is 12.6 Å². The van der Waals surface area contributed by atoms with E-state index >= 15 is 0 Å². The number of carbonyl (C=O) groups excluding carboxylic acids is 1. The van der Waals surface area contributed by atoms with Gasteiger partial charge in [-0.1, -0.05) is 11.6 Å². The lowest BCUT2D eigenvalue weighted by Gasteiger charge is -1.97. The van der Waals surface area contributed by atoms with Gasteiger partial charge < -0.3 is 0 Å². The Balaban J connectivity index is 2.86. The first kappa shape index (κ1) is 8.21. The minimum absolute atomic E-state index is 0.0746. The largest absolute Gasteiger partial charge is 0.300 e. The molecule has 0 spiro atoms. The van der Waals surface area contributed by atoms with Crippen molar-refractivity contribution < 1.29 is 4.79 Å². The van der Waals surface area contributed by atoms with E-state index < -0.39 is 0 Å². The molecule has 2 nitrogen and oxygen atoms in total. The maximum Gasteiger partial charge on any atom is 0.135 e. The molecule has 11 heavy (non-hydrogen) atoms. The first-order chi connectivity index (χ1) is 5.20. The normalized spacial score (nSPS) is 9.64. The number of carbonyl (C=O) groups is 1. The summed E-state index contributed by atoms with van der Waals surface area (Å²) in [4.78, 5) is 14.6. The molecule has 0 atom stereocenters. The fourth-order valence-corrected chi connectivity index (χ4v) is 0.973. The lowest BCUT2D eigenvalue weighted by Crippen LogP contribution is -1.99. The second-order valence-corrected chi connectivity index (χ2v) is 2.72. The van der Waals surface area contributed by atoms with Gasteiger partial charge in [0.2, 0.25) is 0 Å². The number of nitrogens with zero attached hydrogens (tertiary/aromatic N) is 1. The molecule has 0 saturated heterocycles. The maximum atomic E-state index is 10.7. The summed E-state index contributed by atoms with van der Waals surface area (Å²) in [5.41, 5.74) is 0.654. The lowest BCUT2D eigenvalue weighted by atomic mass is 10.2. The predicted octanol–water partition coefficient (Wildman–Crippen LogP) is 1.87. The van der Waals surface area contributed by atoms with Crippen molar-refractivity contribution in [3.63, 3.8) is 0 Å². The van der Waals surface area contributed by atoms with Crippen LogP contribution in [0.3, 0.4) is 0 Å². The van der Waals surface area contributed by atoms with E-state index in [9.17, 15) is 4.79 Å². The van der Waals surface area contributed by atoms with Crippen molar-refractivity contribution in [3.8, 4) is 0 Å². The Kier molecular flexibility index (Phi) is 2.60. The van der Waals surface area contributed by atoms with Crippen LogP contribution in [0.25, 0.3) is 0 Å². The molecule has 1 aromatic rings. The molecule has 0 radical (unpaired) electrons. The third kappa shape index (κ3) is 2.31. The Morgan fingerprint density at radius 1 is 1.73 bits per heavy atom. The van der Waals surface area contributed by atoms with Crippen LogP contribution in [0.15, 0.2) is 18.3 Å². The van der Waals surface area contributed by atoms with E-state index in [1.807, 2.05) is 0 Å². The molecule has 1 aromatic heterocycles. The highest BCUT2D eigenvalue weighted by Crippen LogP contribution is 2.12. The van der Waals surface area contributed by atoms with Gasteiger partial charge in [-0.3, -0.25) is 9.78 Å². The Bertz CT molecular complexity index is 273. The second-order valence-electron chi connectivity index (χ2n) is 2.31. The summed E-state index contributed by atoms with van der Waals surface area (Å²) in [7, 11) is 0. The zero-order chi connectivity index (χ0) is 8.27. The van der Waals surface area contributed by atoms with Crippen molar-refractivity contribution >= 4 is 17.4 Å². The standard InChI is InChI=1S/C8H8ClNO/c1-6(11)5-8-7(9)3-2-4-10-8/h2-4H,5H2,1H3. The Morgan fingerprint density at radius 2 is 2.45 bits per heavy atom. The van der Waals surface area contributed by atoms with Gasteiger partial charge in [0.15, 0.2) is 0 Å². The number of pyridine rings is 1. The van der Waals surface area contributed by atoms with Crippen LogP contribution in [-0.2, 0) is 11.2 Å². The maximum absolute atomic E-state index is 10.7. The number of hydrogen-bond acceptors (Lipinski definition) is 2. The Labute approximate surface area is 70.2 Å². The molecular weight excluding hydrogens is 162 g/mol. The molecule has 0 N–H and O–H groups in total. The summed E-state index contributed by atoms with van der Waals surface area (Å²) in [5, 5.41) is 0.558. The molecule has 0 unspecified atom stereocenters. The highest BCUT2D eigenvalue weighted by molar-refractivity contribution is 6.31. The lowest BCUT2D eigenvalue weighted by molar-refractivity contribution is -0.116. The summed E-state index contributed by atoms with van der Waals surface area (Å²) in [6, 6.07) is 3.47. The number of aromatic nitrogens is 1. The van der Waals surface area contributed by atoms with Crippen LogP contribution in [0.5, 0.6) is 0 Å². The Hall–Kier alpha value is -0.890. The number of Topliss-reactive ketones (excluding diaryl/α,β-unsaturated/α-hetero) is 1. The van der Waals surface area contributed by atoms with Gasteiger partial charge in [0.1, 0.15) is 5.78 Å². The average Bonchev–Trinajstić information content (AvgIpc) is 1.93. The molecule has 0 amide bonds. The molecule has 0 aliphatic rings. The van der Waals surface area contributed by atoms with Gasteiger partial charge in [0.05, 0.1) is 10.7 Å². The molecule has 1 heterocycles. The fraction of sp³-hybridized carbons (Fsp3) is 0.250. The highest BCUT2D eigenvalue weighted by atomic mass is 35.5. The molecule has 0 aromatic carbocycles. The fourth-order valence-electron chi connectivity index (χ4n) is 0.784. The zero-order valence-electron chi connectivity index (χ0n) is 6.17. The van der Waals surface area contributed by atoms with Crippen molar-refractivity contribution in [2.24, 2.45) is 0 Å². The number of halogens is 1. The van der Waals surface area contributed by atoms with Crippen molar-refractivity contribution in [1.82, 2.24) is 4.98 Å². The van der Waals surface area contributed by atoms with E-state index in [1.54, 1.807) is 18.3 Å². The molecule has 0 aliphatic carbocycles. The van der Waals surface area contributed by atoms with E-state index in [2.05, 4.69) is 4.98 Å². The molecule has 3 heteroatoms. The monoisotopic (exact) mass is 169 g/mol. The van der Waals surface area contributed by atoms with Gasteiger partial charge >= 0.3 is 0 Å². The van der Waals surface area contributed by atoms with Gasteiger partial charge in [-0.05, 0) is 19.1 Å². The van der Waals surface area contributed by atoms with Gasteiger partial charge in [0.25, 0.3) is 0 Å². The van der Waals surface area contributed by atoms with Crippen molar-refractivity contribution in [3.05, 3.63) is 29.0 Å². The quantitative estimate of drug-likeness (QED) is 0.677. The molecule has 58 valence electrons. The SMILES string of the molecule is CC(=O)Cc1ncccc1Cl. The third-order valence-corrected chi connectivity index (χ3v) is 1.60. The van der Waals surface area contributed by atoms with Gasteiger partial charge in [0, 0.05) is 12.6 Å². The van der Waals surface area contributed by atoms with E-state index in [0.29, 0.717) is 17.1 Å². The molecule has 0 bridgehead atoms. The topological polar surface area (TPSA) is 30.0 Å². The highest BCUT2D eigenvalue weighted by Gasteiger charge is 2.02. The minimum atomic E-state index is 0.0746. The second kappa shape index (κ2) is 3.49. The van der Waals surface area contributed by atoms with E-state index in [1.165, 1.54) is 6.92 Å². The summed E-state index contributed by atoms with van der Waals surface area (Å²) >= 11 is 5.75. The first-order valence-electron chi connectivity index (χ1n) is 3.29. The van der Waals surface area contributed by atoms with Gasteiger partial charge in [-0.15, -0.1) is 0 Å². The smallest absolute Gasteiger partial charge is 0.135 e. The van der Waals surface area contributed by atoms with Crippen molar-refractivity contribution in [1.29, 1.82) is 0 Å². The van der Waals surface area contributed by atoms with Crippen LogP contribution in [0, 0.1) is 0 Å². The van der Waals surface area contributed by atoms with Gasteiger partial charge in [-0.25, -0.2) is 0 Å². The van der Waals surface area contributed by atoms with Crippen molar-refractivity contribution in [2.75, 3.05) is 0 Å². The van der Waals surface area contributed by atoms with Crippen LogP contribution < -0.4 is 0 Å². The summed E-state index contributed by atoms with van der Waals surface area (Å²) < 4.78 is 0. The van der Waals surface area contributed by atoms with Crippen molar-refractivity contribution in [2.45, 2.75) is 13.3 Å². The predicted molar refractivity (Wildman–Crippen MR) is 43.6 cm³/mol. The van der Waals surface area contributed by atoms with E-state index in [-0.39, 0.29) is 5.78 Å². The molecule has 1 rings (SSSR count). The number of hydrogen-bond donors (Lipinski definition) is 0. The minimum Gasteiger partial charge on any atom is -0.300 e. The van der Waals surface area contributed by atoms with Crippen LogP contribution in [0.2, 0.25) is 5.02 Å². The third-order valence-electron chi connectivity index (χ3n) is 1.25. The first-order valence-corrected chi connectivity index (χ1v) is 3.67. The van der Waals surface area contributed by atoms with Crippen LogP contribution in [0.4, 0.5) is 0 Å². The Morgan fingerprint density at radius 3 is 3.00 bits per heavy atom. The molecule has 0 saturated carbocycles. The van der Waals surface area contributed by atoms with Gasteiger partial charge in [-0.2, -0.15) is 0 Å². The zero-order valence-corrected chi connectivity index (χ0v) is 6.93. The van der Waals surface area contributed by atoms with Crippen LogP contribution >= 0.6 is 11.6 Å².